The van der Waals surface area contributed by atoms with Gasteiger partial charge in [-0.3, -0.25) is 0 Å². The Labute approximate surface area is 89.8 Å². The molecule has 2 N–H and O–H groups in total. The van der Waals surface area contributed by atoms with E-state index in [1.807, 2.05) is 0 Å². The van der Waals surface area contributed by atoms with Gasteiger partial charge in [0.2, 0.25) is 5.92 Å². The molecule has 1 unspecified atom stereocenters. The van der Waals surface area contributed by atoms with Crippen molar-refractivity contribution in [2.75, 3.05) is 19.6 Å². The molecule has 1 aliphatic heterocycles. The number of hydrogen-bond acceptors (Lipinski definition) is 2. The fourth-order valence-corrected chi connectivity index (χ4v) is 2.83. The molecule has 1 saturated carbocycles. The summed E-state index contributed by atoms with van der Waals surface area (Å²) in [7, 11) is 0. The third-order valence-electron chi connectivity index (χ3n) is 3.57. The van der Waals surface area contributed by atoms with Gasteiger partial charge in [-0.1, -0.05) is 0 Å². The largest absolute Gasteiger partial charge is 0.326 e. The lowest BCUT2D eigenvalue weighted by atomic mass is 9.86. The summed E-state index contributed by atoms with van der Waals surface area (Å²) in [5.74, 6) is -2.23. The summed E-state index contributed by atoms with van der Waals surface area (Å²) in [4.78, 5) is 2.25. The quantitative estimate of drug-likeness (QED) is 0.766. The molecular formula is C11H20F2N2. The van der Waals surface area contributed by atoms with Crippen molar-refractivity contribution >= 4 is 0 Å². The van der Waals surface area contributed by atoms with Gasteiger partial charge in [0.1, 0.15) is 0 Å². The zero-order valence-electron chi connectivity index (χ0n) is 9.09. The van der Waals surface area contributed by atoms with E-state index in [1.54, 1.807) is 0 Å². The number of likely N-dealkylation sites (tertiary alicyclic amines) is 1. The number of alkyl halides is 2. The Balaban J connectivity index is 1.79. The molecule has 2 nitrogen and oxygen atoms in total. The average Bonchev–Trinajstić information content (AvgIpc) is 2.49. The number of nitrogens with zero attached hydrogens (tertiary/aromatic N) is 1. The predicted molar refractivity (Wildman–Crippen MR) is 55.9 cm³/mol. The zero-order chi connectivity index (χ0) is 10.9. The fraction of sp³-hybridized carbons (Fsp3) is 1.00. The average molecular weight is 218 g/mol. The van der Waals surface area contributed by atoms with E-state index < -0.39 is 5.92 Å². The number of rotatable bonds is 2. The van der Waals surface area contributed by atoms with Crippen molar-refractivity contribution in [3.8, 4) is 0 Å². The van der Waals surface area contributed by atoms with Gasteiger partial charge in [0.05, 0.1) is 0 Å². The number of halogens is 2. The molecule has 15 heavy (non-hydrogen) atoms. The SMILES string of the molecule is N[C@@H]1CCN(CC2CCCC(F)(F)C2)C1. The van der Waals surface area contributed by atoms with Gasteiger partial charge in [-0.15, -0.1) is 0 Å². The minimum atomic E-state index is -2.41. The highest BCUT2D eigenvalue weighted by Gasteiger charge is 2.37. The molecule has 0 bridgehead atoms. The predicted octanol–water partition coefficient (Wildman–Crippen LogP) is 1.84. The second-order valence-corrected chi connectivity index (χ2v) is 5.13. The molecule has 2 fully saturated rings. The third-order valence-corrected chi connectivity index (χ3v) is 3.57. The number of hydrogen-bond donors (Lipinski definition) is 1. The van der Waals surface area contributed by atoms with Crippen LogP contribution in [0.5, 0.6) is 0 Å². The molecule has 0 spiro atoms. The summed E-state index contributed by atoms with van der Waals surface area (Å²) < 4.78 is 26.3. The lowest BCUT2D eigenvalue weighted by Gasteiger charge is -2.31. The molecule has 1 saturated heterocycles. The molecule has 1 aliphatic carbocycles. The van der Waals surface area contributed by atoms with Gasteiger partial charge in [-0.25, -0.2) is 8.78 Å². The van der Waals surface area contributed by atoms with Crippen molar-refractivity contribution in [3.05, 3.63) is 0 Å². The van der Waals surface area contributed by atoms with Crippen LogP contribution in [0.1, 0.15) is 32.1 Å². The van der Waals surface area contributed by atoms with Gasteiger partial charge in [0, 0.05) is 32.0 Å². The van der Waals surface area contributed by atoms with Crippen LogP contribution in [0.2, 0.25) is 0 Å². The molecule has 0 aromatic heterocycles. The smallest absolute Gasteiger partial charge is 0.248 e. The minimum absolute atomic E-state index is 0.0821. The second-order valence-electron chi connectivity index (χ2n) is 5.13. The Morgan fingerprint density at radius 3 is 2.73 bits per heavy atom. The highest BCUT2D eigenvalue weighted by Crippen LogP contribution is 2.37. The molecule has 4 heteroatoms. The van der Waals surface area contributed by atoms with E-state index >= 15 is 0 Å². The molecule has 0 amide bonds. The van der Waals surface area contributed by atoms with Crippen LogP contribution < -0.4 is 5.73 Å². The molecule has 0 aromatic rings. The fourth-order valence-electron chi connectivity index (χ4n) is 2.83. The van der Waals surface area contributed by atoms with E-state index in [4.69, 9.17) is 5.73 Å². The van der Waals surface area contributed by atoms with Crippen LogP contribution in [0.3, 0.4) is 0 Å². The second kappa shape index (κ2) is 4.34. The van der Waals surface area contributed by atoms with Crippen molar-refractivity contribution in [1.29, 1.82) is 0 Å². The first kappa shape index (κ1) is 11.3. The molecule has 0 radical (unpaired) electrons. The Bertz CT molecular complexity index is 221. The third kappa shape index (κ3) is 3.11. The van der Waals surface area contributed by atoms with Crippen LogP contribution in [0.4, 0.5) is 8.78 Å². The summed E-state index contributed by atoms with van der Waals surface area (Å²) in [6, 6.07) is 0.258. The molecule has 2 aliphatic rings. The normalized spacial score (nSPS) is 37.0. The van der Waals surface area contributed by atoms with Crippen LogP contribution >= 0.6 is 0 Å². The highest BCUT2D eigenvalue weighted by atomic mass is 19.3. The van der Waals surface area contributed by atoms with E-state index in [0.29, 0.717) is 6.42 Å². The van der Waals surface area contributed by atoms with Gasteiger partial charge in [0.15, 0.2) is 0 Å². The van der Waals surface area contributed by atoms with Crippen molar-refractivity contribution in [2.24, 2.45) is 11.7 Å². The Morgan fingerprint density at radius 1 is 1.33 bits per heavy atom. The summed E-state index contributed by atoms with van der Waals surface area (Å²) in [5, 5.41) is 0. The van der Waals surface area contributed by atoms with Crippen LogP contribution in [0, 0.1) is 5.92 Å². The summed E-state index contributed by atoms with van der Waals surface area (Å²) in [5.41, 5.74) is 5.79. The maximum atomic E-state index is 13.2. The molecule has 0 aromatic carbocycles. The van der Waals surface area contributed by atoms with E-state index in [9.17, 15) is 8.78 Å². The first-order valence-electron chi connectivity index (χ1n) is 5.91. The van der Waals surface area contributed by atoms with E-state index in [2.05, 4.69) is 4.90 Å². The van der Waals surface area contributed by atoms with Crippen molar-refractivity contribution < 1.29 is 8.78 Å². The molecule has 2 rings (SSSR count). The maximum absolute atomic E-state index is 13.2. The highest BCUT2D eigenvalue weighted by molar-refractivity contribution is 4.84. The maximum Gasteiger partial charge on any atom is 0.248 e. The van der Waals surface area contributed by atoms with Gasteiger partial charge in [-0.2, -0.15) is 0 Å². The zero-order valence-corrected chi connectivity index (χ0v) is 9.09. The minimum Gasteiger partial charge on any atom is -0.326 e. The molecule has 1 heterocycles. The first-order chi connectivity index (χ1) is 7.05. The first-order valence-corrected chi connectivity index (χ1v) is 5.91. The lowest BCUT2D eigenvalue weighted by molar-refractivity contribution is -0.0561. The molecule has 2 atom stereocenters. The van der Waals surface area contributed by atoms with E-state index in [1.165, 1.54) is 0 Å². The summed E-state index contributed by atoms with van der Waals surface area (Å²) in [6.07, 6.45) is 2.82. The molecular weight excluding hydrogens is 198 g/mol. The van der Waals surface area contributed by atoms with E-state index in [0.717, 1.165) is 32.5 Å². The van der Waals surface area contributed by atoms with Crippen LogP contribution in [-0.4, -0.2) is 36.5 Å². The van der Waals surface area contributed by atoms with Gasteiger partial charge in [0.25, 0.3) is 0 Å². The standard InChI is InChI=1S/C11H20F2N2/c12-11(13)4-1-2-9(6-11)7-15-5-3-10(14)8-15/h9-10H,1-8,14H2/t9?,10-/m1/s1. The lowest BCUT2D eigenvalue weighted by Crippen LogP contribution is -2.35. The number of nitrogens with two attached hydrogens (primary N) is 1. The van der Waals surface area contributed by atoms with Gasteiger partial charge in [-0.05, 0) is 31.7 Å². The summed E-state index contributed by atoms with van der Waals surface area (Å²) >= 11 is 0. The van der Waals surface area contributed by atoms with E-state index in [-0.39, 0.29) is 24.8 Å². The van der Waals surface area contributed by atoms with Crippen LogP contribution in [-0.2, 0) is 0 Å². The Hall–Kier alpha value is -0.220. The van der Waals surface area contributed by atoms with Gasteiger partial charge >= 0.3 is 0 Å². The van der Waals surface area contributed by atoms with Gasteiger partial charge < -0.3 is 10.6 Å². The monoisotopic (exact) mass is 218 g/mol. The summed E-state index contributed by atoms with van der Waals surface area (Å²) in [6.45, 7) is 2.70. The Morgan fingerprint density at radius 2 is 2.13 bits per heavy atom. The van der Waals surface area contributed by atoms with Crippen LogP contribution in [0.25, 0.3) is 0 Å². The Kier molecular flexibility index (Phi) is 3.26. The van der Waals surface area contributed by atoms with Crippen molar-refractivity contribution in [2.45, 2.75) is 44.1 Å². The topological polar surface area (TPSA) is 29.3 Å². The molecule has 88 valence electrons. The van der Waals surface area contributed by atoms with Crippen LogP contribution in [0.15, 0.2) is 0 Å². The van der Waals surface area contributed by atoms with Crippen molar-refractivity contribution in [1.82, 2.24) is 4.90 Å². The van der Waals surface area contributed by atoms with Crippen molar-refractivity contribution in [3.63, 3.8) is 0 Å².